The first-order valence-corrected chi connectivity index (χ1v) is 7.69. The van der Waals surface area contributed by atoms with E-state index in [0.29, 0.717) is 0 Å². The SMILES string of the molecule is COc1ccc2c(c1)-c1c(c3cc(OC)ccc3n1C)CN2C. The molecule has 118 valence electrons. The summed E-state index contributed by atoms with van der Waals surface area (Å²) in [6, 6.07) is 12.6. The molecule has 1 aliphatic heterocycles. The van der Waals surface area contributed by atoms with Crippen molar-refractivity contribution in [2.75, 3.05) is 26.2 Å². The highest BCUT2D eigenvalue weighted by atomic mass is 16.5. The van der Waals surface area contributed by atoms with Crippen molar-refractivity contribution in [2.45, 2.75) is 6.54 Å². The van der Waals surface area contributed by atoms with Crippen LogP contribution in [0.15, 0.2) is 36.4 Å². The number of nitrogens with zero attached hydrogens (tertiary/aromatic N) is 2. The number of rotatable bonds is 2. The number of anilines is 1. The van der Waals surface area contributed by atoms with E-state index in [-0.39, 0.29) is 0 Å². The predicted octanol–water partition coefficient (Wildman–Crippen LogP) is 3.81. The van der Waals surface area contributed by atoms with Gasteiger partial charge in [-0.3, -0.25) is 0 Å². The molecule has 4 rings (SSSR count). The van der Waals surface area contributed by atoms with Crippen LogP contribution in [0, 0.1) is 0 Å². The number of ether oxygens (including phenoxy) is 2. The lowest BCUT2D eigenvalue weighted by Gasteiger charge is -2.29. The fourth-order valence-corrected chi connectivity index (χ4v) is 3.62. The molecule has 2 heterocycles. The van der Waals surface area contributed by atoms with Crippen LogP contribution >= 0.6 is 0 Å². The molecule has 0 unspecified atom stereocenters. The van der Waals surface area contributed by atoms with Crippen LogP contribution in [0.1, 0.15) is 5.56 Å². The Morgan fingerprint density at radius 3 is 2.35 bits per heavy atom. The van der Waals surface area contributed by atoms with Gasteiger partial charge in [0.2, 0.25) is 0 Å². The summed E-state index contributed by atoms with van der Waals surface area (Å²) in [5.74, 6) is 1.78. The molecule has 0 fully saturated rings. The van der Waals surface area contributed by atoms with Crippen LogP contribution in [-0.2, 0) is 13.6 Å². The molecule has 23 heavy (non-hydrogen) atoms. The van der Waals surface area contributed by atoms with Crippen LogP contribution < -0.4 is 14.4 Å². The zero-order valence-corrected chi connectivity index (χ0v) is 13.9. The van der Waals surface area contributed by atoms with Crippen LogP contribution in [0.5, 0.6) is 11.5 Å². The lowest BCUT2D eigenvalue weighted by atomic mass is 9.98. The predicted molar refractivity (Wildman–Crippen MR) is 93.6 cm³/mol. The van der Waals surface area contributed by atoms with Crippen LogP contribution in [0.2, 0.25) is 0 Å². The highest BCUT2D eigenvalue weighted by molar-refractivity contribution is 5.97. The first-order valence-electron chi connectivity index (χ1n) is 7.69. The summed E-state index contributed by atoms with van der Waals surface area (Å²) in [5, 5.41) is 1.25. The monoisotopic (exact) mass is 308 g/mol. The minimum absolute atomic E-state index is 0.882. The first-order chi connectivity index (χ1) is 11.1. The molecule has 0 spiro atoms. The highest BCUT2D eigenvalue weighted by Crippen LogP contribution is 2.44. The lowest BCUT2D eigenvalue weighted by molar-refractivity contribution is 0.415. The van der Waals surface area contributed by atoms with Crippen molar-refractivity contribution in [3.05, 3.63) is 42.0 Å². The average Bonchev–Trinajstić information content (AvgIpc) is 2.86. The minimum Gasteiger partial charge on any atom is -0.497 e. The van der Waals surface area contributed by atoms with Gasteiger partial charge in [-0.1, -0.05) is 0 Å². The summed E-state index contributed by atoms with van der Waals surface area (Å²) in [7, 11) is 7.68. The number of hydrogen-bond donors (Lipinski definition) is 0. The van der Waals surface area contributed by atoms with Crippen LogP contribution in [0.25, 0.3) is 22.2 Å². The Kier molecular flexibility index (Phi) is 3.01. The van der Waals surface area contributed by atoms with Gasteiger partial charge in [0.15, 0.2) is 0 Å². The quantitative estimate of drug-likeness (QED) is 0.720. The molecule has 0 saturated heterocycles. The van der Waals surface area contributed by atoms with Gasteiger partial charge in [0.1, 0.15) is 11.5 Å². The van der Waals surface area contributed by atoms with Gasteiger partial charge >= 0.3 is 0 Å². The van der Waals surface area contributed by atoms with Gasteiger partial charge in [0, 0.05) is 48.4 Å². The van der Waals surface area contributed by atoms with Gasteiger partial charge in [-0.2, -0.15) is 0 Å². The van der Waals surface area contributed by atoms with Crippen molar-refractivity contribution in [1.29, 1.82) is 0 Å². The molecule has 4 nitrogen and oxygen atoms in total. The first kappa shape index (κ1) is 14.0. The third kappa shape index (κ3) is 1.91. The number of methoxy groups -OCH3 is 2. The number of benzene rings is 2. The Labute approximate surface area is 135 Å². The van der Waals surface area contributed by atoms with Gasteiger partial charge in [-0.05, 0) is 36.4 Å². The van der Waals surface area contributed by atoms with E-state index in [1.165, 1.54) is 33.4 Å². The maximum atomic E-state index is 5.43. The van der Waals surface area contributed by atoms with E-state index in [1.807, 2.05) is 12.1 Å². The van der Waals surface area contributed by atoms with E-state index in [4.69, 9.17) is 9.47 Å². The maximum Gasteiger partial charge on any atom is 0.119 e. The largest absolute Gasteiger partial charge is 0.497 e. The topological polar surface area (TPSA) is 26.6 Å². The van der Waals surface area contributed by atoms with Crippen molar-refractivity contribution in [1.82, 2.24) is 4.57 Å². The normalized spacial score (nSPS) is 13.0. The molecule has 0 atom stereocenters. The number of aryl methyl sites for hydroxylation is 1. The molecule has 1 aliphatic rings. The van der Waals surface area contributed by atoms with Gasteiger partial charge in [0.25, 0.3) is 0 Å². The second-order valence-electron chi connectivity index (χ2n) is 6.01. The molecule has 0 radical (unpaired) electrons. The fourth-order valence-electron chi connectivity index (χ4n) is 3.62. The fraction of sp³-hybridized carbons (Fsp3) is 0.263. The minimum atomic E-state index is 0.882. The van der Waals surface area contributed by atoms with E-state index in [1.54, 1.807) is 14.2 Å². The summed E-state index contributed by atoms with van der Waals surface area (Å²) in [4.78, 5) is 2.29. The zero-order chi connectivity index (χ0) is 16.1. The van der Waals surface area contributed by atoms with Gasteiger partial charge in [-0.15, -0.1) is 0 Å². The number of aromatic nitrogens is 1. The van der Waals surface area contributed by atoms with Crippen LogP contribution in [-0.4, -0.2) is 25.8 Å². The van der Waals surface area contributed by atoms with Crippen molar-refractivity contribution < 1.29 is 9.47 Å². The molecule has 2 aromatic carbocycles. The molecule has 3 aromatic rings. The number of fused-ring (bicyclic) bond motifs is 5. The Balaban J connectivity index is 2.06. The molecule has 1 aromatic heterocycles. The summed E-state index contributed by atoms with van der Waals surface area (Å²) in [6.07, 6.45) is 0. The molecule has 0 amide bonds. The van der Waals surface area contributed by atoms with E-state index in [2.05, 4.69) is 47.8 Å². The molecule has 4 heteroatoms. The third-order valence-corrected chi connectivity index (χ3v) is 4.78. The van der Waals surface area contributed by atoms with E-state index in [0.717, 1.165) is 18.0 Å². The molecule has 0 N–H and O–H groups in total. The second-order valence-corrected chi connectivity index (χ2v) is 6.01. The van der Waals surface area contributed by atoms with Crippen molar-refractivity contribution in [3.63, 3.8) is 0 Å². The average molecular weight is 308 g/mol. The smallest absolute Gasteiger partial charge is 0.119 e. The highest BCUT2D eigenvalue weighted by Gasteiger charge is 2.26. The Morgan fingerprint density at radius 1 is 0.913 bits per heavy atom. The molecule has 0 bridgehead atoms. The molecule has 0 aliphatic carbocycles. The van der Waals surface area contributed by atoms with E-state index in [9.17, 15) is 0 Å². The summed E-state index contributed by atoms with van der Waals surface area (Å²) < 4.78 is 13.1. The Bertz CT molecular complexity index is 911. The van der Waals surface area contributed by atoms with Crippen molar-refractivity contribution in [3.8, 4) is 22.8 Å². The number of hydrogen-bond acceptors (Lipinski definition) is 3. The molecular formula is C19H20N2O2. The molecule has 0 saturated carbocycles. The van der Waals surface area contributed by atoms with Crippen LogP contribution in [0.4, 0.5) is 5.69 Å². The van der Waals surface area contributed by atoms with Gasteiger partial charge < -0.3 is 18.9 Å². The summed E-state index contributed by atoms with van der Waals surface area (Å²) in [6.45, 7) is 0.888. The lowest BCUT2D eigenvalue weighted by Crippen LogP contribution is -2.21. The maximum absolute atomic E-state index is 5.43. The Morgan fingerprint density at radius 2 is 1.61 bits per heavy atom. The third-order valence-electron chi connectivity index (χ3n) is 4.78. The molecular weight excluding hydrogens is 288 g/mol. The zero-order valence-electron chi connectivity index (χ0n) is 13.9. The summed E-state index contributed by atoms with van der Waals surface area (Å²) >= 11 is 0. The van der Waals surface area contributed by atoms with Crippen LogP contribution in [0.3, 0.4) is 0 Å². The summed E-state index contributed by atoms with van der Waals surface area (Å²) in [5.41, 5.74) is 6.27. The van der Waals surface area contributed by atoms with Crippen molar-refractivity contribution in [2.24, 2.45) is 7.05 Å². The standard InChI is InChI=1S/C19H20N2O2/c1-20-11-16-14-9-12(22-3)6-8-18(14)21(2)19(16)15-10-13(23-4)5-7-17(15)20/h5-10H,11H2,1-4H3. The Hall–Kier alpha value is -2.62. The van der Waals surface area contributed by atoms with Gasteiger partial charge in [-0.25, -0.2) is 0 Å². The van der Waals surface area contributed by atoms with Gasteiger partial charge in [0.05, 0.1) is 19.9 Å². The van der Waals surface area contributed by atoms with E-state index < -0.39 is 0 Å². The van der Waals surface area contributed by atoms with E-state index >= 15 is 0 Å². The van der Waals surface area contributed by atoms with Crippen molar-refractivity contribution >= 4 is 16.6 Å². The second kappa shape index (κ2) is 4.95.